The number of rotatable bonds is 4. The molecule has 7 rings (SSSR count). The Hall–Kier alpha value is -2.95. The molecule has 6 aromatic rings. The molecule has 1 aliphatic rings. The zero-order valence-electron chi connectivity index (χ0n) is 27.2. The molecule has 0 saturated heterocycles. The van der Waals surface area contributed by atoms with Gasteiger partial charge in [0, 0.05) is 41.3 Å². The average Bonchev–Trinajstić information content (AvgIpc) is 3.70. The van der Waals surface area contributed by atoms with Gasteiger partial charge in [0.1, 0.15) is 0 Å². The number of thiophene rings is 1. The van der Waals surface area contributed by atoms with Gasteiger partial charge in [-0.3, -0.25) is 0 Å². The number of hydrogen-bond acceptors (Lipinski definition) is 3. The maximum Gasteiger partial charge on any atom is 0.0783 e. The molecule has 3 aromatic heterocycles. The summed E-state index contributed by atoms with van der Waals surface area (Å²) in [6.45, 7) is 5.22. The standard InChI is InChI=1S/C25H26NSSi.C12H10N.Ir/c1-28(2,3)23-13-7-12-22-24(23)20-11-6-10-19(25(20)27-22)21-16-18(14-15-26-21)17-8-4-5-9-17;1-10-7-8-12(13-9-10)11-5-3-2-4-6-11;/h6-7,11-17H,4-5,8-9H2,1-3H3;2-5,7-9H,1H3;/q2*-1;/i;1D3;. The van der Waals surface area contributed by atoms with Gasteiger partial charge in [-0.15, -0.1) is 59.7 Å². The number of pyridine rings is 2. The zero-order valence-corrected chi connectivity index (χ0v) is 28.4. The van der Waals surface area contributed by atoms with Gasteiger partial charge in [-0.1, -0.05) is 79.0 Å². The van der Waals surface area contributed by atoms with Crippen LogP contribution in [0.25, 0.3) is 42.7 Å². The van der Waals surface area contributed by atoms with E-state index in [-0.39, 0.29) is 25.7 Å². The Kier molecular flexibility index (Phi) is 8.34. The van der Waals surface area contributed by atoms with Crippen LogP contribution in [0.3, 0.4) is 0 Å². The van der Waals surface area contributed by atoms with Gasteiger partial charge >= 0.3 is 0 Å². The first-order valence-corrected chi connectivity index (χ1v) is 18.7. The molecule has 42 heavy (non-hydrogen) atoms. The summed E-state index contributed by atoms with van der Waals surface area (Å²) in [5, 5.41) is 4.39. The van der Waals surface area contributed by atoms with Crippen LogP contribution in [-0.4, -0.2) is 18.0 Å². The summed E-state index contributed by atoms with van der Waals surface area (Å²) < 4.78 is 24.4. The van der Waals surface area contributed by atoms with Crippen LogP contribution in [0.5, 0.6) is 0 Å². The molecule has 0 N–H and O–H groups in total. The molecule has 3 aromatic carbocycles. The summed E-state index contributed by atoms with van der Waals surface area (Å²) in [7, 11) is -1.42. The van der Waals surface area contributed by atoms with Crippen LogP contribution in [-0.2, 0) is 20.1 Å². The van der Waals surface area contributed by atoms with Gasteiger partial charge in [-0.25, -0.2) is 0 Å². The van der Waals surface area contributed by atoms with Crippen molar-refractivity contribution in [3.8, 4) is 22.5 Å². The minimum Gasteiger partial charge on any atom is -0.305 e. The number of fused-ring (bicyclic) bond motifs is 3. The molecule has 1 fully saturated rings. The van der Waals surface area contributed by atoms with E-state index in [1.165, 1.54) is 63.2 Å². The van der Waals surface area contributed by atoms with E-state index in [9.17, 15) is 0 Å². The molecule has 2 nitrogen and oxygen atoms in total. The molecule has 1 radical (unpaired) electrons. The smallest absolute Gasteiger partial charge is 0.0783 e. The van der Waals surface area contributed by atoms with Crippen LogP contribution in [0.4, 0.5) is 0 Å². The monoisotopic (exact) mass is 764 g/mol. The summed E-state index contributed by atoms with van der Waals surface area (Å²) in [5.74, 6) is 0.710. The Bertz CT molecular complexity index is 1890. The topological polar surface area (TPSA) is 25.8 Å². The van der Waals surface area contributed by atoms with E-state index < -0.39 is 14.9 Å². The van der Waals surface area contributed by atoms with Gasteiger partial charge in [0.25, 0.3) is 0 Å². The van der Waals surface area contributed by atoms with Crippen molar-refractivity contribution in [1.29, 1.82) is 0 Å². The molecular formula is C37H36IrN2SSi-2. The van der Waals surface area contributed by atoms with Crippen molar-refractivity contribution in [2.75, 3.05) is 0 Å². The quantitative estimate of drug-likeness (QED) is 0.132. The van der Waals surface area contributed by atoms with Gasteiger partial charge in [0.2, 0.25) is 0 Å². The van der Waals surface area contributed by atoms with Gasteiger partial charge in [0.05, 0.1) is 8.07 Å². The summed E-state index contributed by atoms with van der Waals surface area (Å²) >= 11 is 1.90. The maximum atomic E-state index is 7.23. The van der Waals surface area contributed by atoms with E-state index in [1.54, 1.807) is 23.4 Å². The summed E-state index contributed by atoms with van der Waals surface area (Å²) in [6.07, 6.45) is 8.75. The van der Waals surface area contributed by atoms with Gasteiger partial charge < -0.3 is 9.97 Å². The fraction of sp³-hybridized carbons (Fsp3) is 0.243. The van der Waals surface area contributed by atoms with E-state index in [0.717, 1.165) is 17.0 Å². The second kappa shape index (κ2) is 13.1. The molecule has 215 valence electrons. The van der Waals surface area contributed by atoms with Crippen molar-refractivity contribution in [3.05, 3.63) is 115 Å². The third-order valence-corrected chi connectivity index (χ3v) is 11.1. The molecule has 0 amide bonds. The van der Waals surface area contributed by atoms with E-state index in [0.29, 0.717) is 5.92 Å². The van der Waals surface area contributed by atoms with Crippen LogP contribution in [0.1, 0.15) is 46.8 Å². The van der Waals surface area contributed by atoms with E-state index in [2.05, 4.69) is 79.2 Å². The fourth-order valence-electron chi connectivity index (χ4n) is 5.81. The first kappa shape index (κ1) is 26.7. The van der Waals surface area contributed by atoms with Crippen molar-refractivity contribution in [2.45, 2.75) is 58.1 Å². The Balaban J connectivity index is 0.000000202. The van der Waals surface area contributed by atoms with Crippen molar-refractivity contribution in [1.82, 2.24) is 9.97 Å². The van der Waals surface area contributed by atoms with E-state index in [1.807, 2.05) is 35.7 Å². The second-order valence-corrected chi connectivity index (χ2v) is 17.9. The normalized spacial score (nSPS) is 14.9. The molecule has 5 heteroatoms. The van der Waals surface area contributed by atoms with Crippen molar-refractivity contribution < 1.29 is 24.2 Å². The van der Waals surface area contributed by atoms with Crippen LogP contribution in [0.15, 0.2) is 91.3 Å². The molecule has 0 unspecified atom stereocenters. The summed E-state index contributed by atoms with van der Waals surface area (Å²) in [6, 6.07) is 33.0. The molecule has 1 saturated carbocycles. The number of benzene rings is 3. The van der Waals surface area contributed by atoms with Crippen LogP contribution < -0.4 is 5.19 Å². The summed E-state index contributed by atoms with van der Waals surface area (Å²) in [5.41, 5.74) is 5.55. The third-order valence-electron chi connectivity index (χ3n) is 7.88. The molecular weight excluding hydrogens is 725 g/mol. The Morgan fingerprint density at radius 2 is 1.74 bits per heavy atom. The minimum absolute atomic E-state index is 0. The minimum atomic E-state index is -2.09. The van der Waals surface area contributed by atoms with E-state index >= 15 is 0 Å². The van der Waals surface area contributed by atoms with Crippen molar-refractivity contribution in [3.63, 3.8) is 0 Å². The van der Waals surface area contributed by atoms with Gasteiger partial charge in [-0.05, 0) is 64.8 Å². The van der Waals surface area contributed by atoms with Crippen LogP contribution >= 0.6 is 11.3 Å². The third kappa shape index (κ3) is 6.50. The number of hydrogen-bond donors (Lipinski definition) is 0. The second-order valence-electron chi connectivity index (χ2n) is 11.8. The Labute approximate surface area is 272 Å². The molecule has 0 bridgehead atoms. The number of aromatic nitrogens is 2. The number of nitrogens with zero attached hydrogens (tertiary/aromatic N) is 2. The zero-order chi connectivity index (χ0) is 30.9. The predicted molar refractivity (Wildman–Crippen MR) is 179 cm³/mol. The largest absolute Gasteiger partial charge is 0.305 e. The van der Waals surface area contributed by atoms with Gasteiger partial charge in [0.15, 0.2) is 0 Å². The van der Waals surface area contributed by atoms with Crippen LogP contribution in [0.2, 0.25) is 19.6 Å². The van der Waals surface area contributed by atoms with Crippen molar-refractivity contribution in [2.24, 2.45) is 0 Å². The van der Waals surface area contributed by atoms with E-state index in [4.69, 9.17) is 9.10 Å². The average molecular weight is 764 g/mol. The summed E-state index contributed by atoms with van der Waals surface area (Å²) in [4.78, 5) is 8.88. The first-order valence-electron chi connectivity index (χ1n) is 15.9. The first-order chi connectivity index (χ1) is 21.1. The van der Waals surface area contributed by atoms with Crippen molar-refractivity contribution >= 4 is 44.8 Å². The Morgan fingerprint density at radius 3 is 2.45 bits per heavy atom. The Morgan fingerprint density at radius 1 is 0.881 bits per heavy atom. The predicted octanol–water partition coefficient (Wildman–Crippen LogP) is 9.97. The fourth-order valence-corrected chi connectivity index (χ4v) is 8.75. The van der Waals surface area contributed by atoms with Crippen LogP contribution in [0, 0.1) is 19.0 Å². The van der Waals surface area contributed by atoms with Gasteiger partial charge in [-0.2, -0.15) is 11.3 Å². The molecule has 3 heterocycles. The molecule has 0 atom stereocenters. The SMILES string of the molecule is C[Si](C)(C)c1cccc2sc3c(-c4cc(C5CCCC5)ccn4)[c-]ccc3c12.[2H]C([2H])([2H])c1ccc(-c2[c-]cccc2)nc1.[Ir]. The molecule has 0 aliphatic heterocycles. The maximum absolute atomic E-state index is 7.23. The molecule has 0 spiro atoms. The number of aryl methyl sites for hydroxylation is 1. The molecule has 1 aliphatic carbocycles.